The van der Waals surface area contributed by atoms with Crippen LogP contribution in [-0.4, -0.2) is 50.3 Å². The van der Waals surface area contributed by atoms with Crippen LogP contribution < -0.4 is 5.32 Å². The number of halogens is 1. The SMILES string of the molecule is COC(=O)C1(C)CCN(OC(=O)C2(C)CCNCC2)CC1.Cl. The van der Waals surface area contributed by atoms with Gasteiger partial charge in [-0.1, -0.05) is 0 Å². The zero-order chi connectivity index (χ0) is 15.5. The molecule has 22 heavy (non-hydrogen) atoms. The fourth-order valence-corrected chi connectivity index (χ4v) is 2.93. The lowest BCUT2D eigenvalue weighted by Crippen LogP contribution is -2.47. The summed E-state index contributed by atoms with van der Waals surface area (Å²) >= 11 is 0. The van der Waals surface area contributed by atoms with E-state index in [4.69, 9.17) is 9.57 Å². The van der Waals surface area contributed by atoms with E-state index in [1.807, 2.05) is 13.8 Å². The molecule has 1 N–H and O–H groups in total. The number of carbonyl (C=O) groups excluding carboxylic acids is 2. The summed E-state index contributed by atoms with van der Waals surface area (Å²) in [6.45, 7) is 6.74. The molecule has 0 aliphatic carbocycles. The first kappa shape index (κ1) is 19.2. The van der Waals surface area contributed by atoms with Crippen LogP contribution in [-0.2, 0) is 19.2 Å². The number of methoxy groups -OCH3 is 1. The summed E-state index contributed by atoms with van der Waals surface area (Å²) in [5, 5.41) is 4.95. The van der Waals surface area contributed by atoms with E-state index in [0.29, 0.717) is 25.9 Å². The van der Waals surface area contributed by atoms with Crippen molar-refractivity contribution in [1.29, 1.82) is 0 Å². The smallest absolute Gasteiger partial charge is 0.330 e. The van der Waals surface area contributed by atoms with E-state index in [9.17, 15) is 9.59 Å². The summed E-state index contributed by atoms with van der Waals surface area (Å²) in [5.41, 5.74) is -0.856. The zero-order valence-electron chi connectivity index (χ0n) is 13.6. The third-order valence-corrected chi connectivity index (χ3v) is 4.92. The number of hydrogen-bond acceptors (Lipinski definition) is 6. The van der Waals surface area contributed by atoms with Gasteiger partial charge in [0, 0.05) is 13.1 Å². The first-order valence-corrected chi connectivity index (χ1v) is 7.66. The molecule has 128 valence electrons. The lowest BCUT2D eigenvalue weighted by Gasteiger charge is -2.38. The predicted octanol–water partition coefficient (Wildman–Crippen LogP) is 1.53. The minimum atomic E-state index is -0.462. The molecular weight excluding hydrogens is 308 g/mol. The molecule has 0 saturated carbocycles. The van der Waals surface area contributed by atoms with Crippen molar-refractivity contribution in [2.75, 3.05) is 33.3 Å². The lowest BCUT2D eigenvalue weighted by atomic mass is 9.80. The number of nitrogens with zero attached hydrogens (tertiary/aromatic N) is 1. The Labute approximate surface area is 138 Å². The third-order valence-electron chi connectivity index (χ3n) is 4.92. The van der Waals surface area contributed by atoms with Gasteiger partial charge in [-0.25, -0.2) is 4.79 Å². The highest BCUT2D eigenvalue weighted by Crippen LogP contribution is 2.34. The van der Waals surface area contributed by atoms with Crippen LogP contribution in [0.25, 0.3) is 0 Å². The Morgan fingerprint density at radius 2 is 1.45 bits per heavy atom. The van der Waals surface area contributed by atoms with E-state index < -0.39 is 10.8 Å². The topological polar surface area (TPSA) is 67.9 Å². The Hall–Kier alpha value is -0.850. The van der Waals surface area contributed by atoms with Gasteiger partial charge in [0.15, 0.2) is 0 Å². The van der Waals surface area contributed by atoms with E-state index >= 15 is 0 Å². The maximum Gasteiger partial charge on any atom is 0.330 e. The summed E-state index contributed by atoms with van der Waals surface area (Å²) in [6, 6.07) is 0. The Morgan fingerprint density at radius 1 is 0.955 bits per heavy atom. The number of esters is 1. The number of rotatable bonds is 3. The molecule has 6 nitrogen and oxygen atoms in total. The molecule has 2 heterocycles. The summed E-state index contributed by atoms with van der Waals surface area (Å²) in [4.78, 5) is 29.7. The van der Waals surface area contributed by atoms with Gasteiger partial charge in [0.05, 0.1) is 17.9 Å². The fraction of sp³-hybridized carbons (Fsp3) is 0.867. The quantitative estimate of drug-likeness (QED) is 0.789. The summed E-state index contributed by atoms with van der Waals surface area (Å²) in [5.74, 6) is -0.329. The van der Waals surface area contributed by atoms with E-state index in [1.54, 1.807) is 5.06 Å². The minimum Gasteiger partial charge on any atom is -0.469 e. The molecule has 0 radical (unpaired) electrons. The molecule has 2 saturated heterocycles. The van der Waals surface area contributed by atoms with E-state index in [0.717, 1.165) is 25.9 Å². The molecule has 2 fully saturated rings. The van der Waals surface area contributed by atoms with Crippen molar-refractivity contribution in [3.63, 3.8) is 0 Å². The molecule has 0 aromatic heterocycles. The highest BCUT2D eigenvalue weighted by atomic mass is 35.5. The Balaban J connectivity index is 0.00000242. The first-order valence-electron chi connectivity index (χ1n) is 7.66. The average Bonchev–Trinajstić information content (AvgIpc) is 2.49. The van der Waals surface area contributed by atoms with Gasteiger partial charge in [-0.15, -0.1) is 17.5 Å². The maximum atomic E-state index is 12.4. The summed E-state index contributed by atoms with van der Waals surface area (Å²) < 4.78 is 4.85. The van der Waals surface area contributed by atoms with Gasteiger partial charge >= 0.3 is 11.9 Å². The number of ether oxygens (including phenoxy) is 1. The number of nitrogens with one attached hydrogen (secondary N) is 1. The van der Waals surface area contributed by atoms with E-state index in [1.165, 1.54) is 7.11 Å². The Morgan fingerprint density at radius 3 is 1.95 bits per heavy atom. The van der Waals surface area contributed by atoms with E-state index in [-0.39, 0.29) is 24.3 Å². The van der Waals surface area contributed by atoms with Gasteiger partial charge < -0.3 is 14.9 Å². The second-order valence-electron chi connectivity index (χ2n) is 6.67. The van der Waals surface area contributed by atoms with Gasteiger partial charge in [0.2, 0.25) is 0 Å². The second-order valence-corrected chi connectivity index (χ2v) is 6.67. The summed E-state index contributed by atoms with van der Waals surface area (Å²) in [7, 11) is 1.41. The highest BCUT2D eigenvalue weighted by molar-refractivity contribution is 5.85. The predicted molar refractivity (Wildman–Crippen MR) is 84.5 cm³/mol. The van der Waals surface area contributed by atoms with Crippen LogP contribution in [0.1, 0.15) is 39.5 Å². The molecule has 2 aliphatic rings. The molecule has 0 aromatic carbocycles. The number of hydrogen-bond donors (Lipinski definition) is 1. The molecule has 0 amide bonds. The van der Waals surface area contributed by atoms with Crippen molar-refractivity contribution < 1.29 is 19.2 Å². The Bertz CT molecular complexity index is 402. The Kier molecular flexibility index (Phi) is 6.65. The van der Waals surface area contributed by atoms with E-state index in [2.05, 4.69) is 5.32 Å². The van der Waals surface area contributed by atoms with Crippen molar-refractivity contribution in [3.8, 4) is 0 Å². The molecular formula is C15H27ClN2O4. The zero-order valence-corrected chi connectivity index (χ0v) is 14.5. The van der Waals surface area contributed by atoms with Crippen LogP contribution in [0.2, 0.25) is 0 Å². The second kappa shape index (κ2) is 7.62. The van der Waals surface area contributed by atoms with Crippen LogP contribution in [0.5, 0.6) is 0 Å². The highest BCUT2D eigenvalue weighted by Gasteiger charge is 2.41. The normalized spacial score (nSPS) is 24.0. The molecule has 0 aromatic rings. The van der Waals surface area contributed by atoms with Crippen LogP contribution in [0.3, 0.4) is 0 Å². The van der Waals surface area contributed by atoms with Crippen LogP contribution in [0, 0.1) is 10.8 Å². The van der Waals surface area contributed by atoms with Crippen LogP contribution in [0.15, 0.2) is 0 Å². The monoisotopic (exact) mass is 334 g/mol. The largest absolute Gasteiger partial charge is 0.469 e. The third kappa shape index (κ3) is 4.12. The molecule has 7 heteroatoms. The van der Waals surface area contributed by atoms with Crippen molar-refractivity contribution in [1.82, 2.24) is 10.4 Å². The lowest BCUT2D eigenvalue weighted by molar-refractivity contribution is -0.213. The van der Waals surface area contributed by atoms with Gasteiger partial charge in [-0.05, 0) is 52.6 Å². The molecule has 2 rings (SSSR count). The van der Waals surface area contributed by atoms with Crippen molar-refractivity contribution in [2.45, 2.75) is 39.5 Å². The number of hydroxylamine groups is 2. The van der Waals surface area contributed by atoms with Crippen LogP contribution in [0.4, 0.5) is 0 Å². The minimum absolute atomic E-state index is 0. The average molecular weight is 335 g/mol. The number of piperidine rings is 2. The van der Waals surface area contributed by atoms with Crippen LogP contribution >= 0.6 is 12.4 Å². The van der Waals surface area contributed by atoms with Crippen molar-refractivity contribution >= 4 is 24.3 Å². The fourth-order valence-electron chi connectivity index (χ4n) is 2.93. The van der Waals surface area contributed by atoms with Gasteiger partial charge in [0.25, 0.3) is 0 Å². The maximum absolute atomic E-state index is 12.4. The van der Waals surface area contributed by atoms with Gasteiger partial charge in [-0.2, -0.15) is 0 Å². The molecule has 0 unspecified atom stereocenters. The molecule has 2 aliphatic heterocycles. The molecule has 0 spiro atoms. The van der Waals surface area contributed by atoms with Gasteiger partial charge in [0.1, 0.15) is 0 Å². The first-order chi connectivity index (χ1) is 9.89. The summed E-state index contributed by atoms with van der Waals surface area (Å²) in [6.07, 6.45) is 2.90. The van der Waals surface area contributed by atoms with Gasteiger partial charge in [-0.3, -0.25) is 4.79 Å². The van der Waals surface area contributed by atoms with Crippen molar-refractivity contribution in [3.05, 3.63) is 0 Å². The standard InChI is InChI=1S/C15H26N2O4.ClH/c1-14(4-8-16-9-5-14)13(19)21-17-10-6-15(2,7-11-17)12(18)20-3;/h16H,4-11H2,1-3H3;1H. The number of carbonyl (C=O) groups is 2. The molecule has 0 atom stereocenters. The molecule has 0 bridgehead atoms. The van der Waals surface area contributed by atoms with Crippen molar-refractivity contribution in [2.24, 2.45) is 10.8 Å².